The number of nitrogens with one attached hydrogen (secondary N) is 2. The number of aromatic nitrogens is 2. The van der Waals surface area contributed by atoms with Crippen molar-refractivity contribution in [2.45, 2.75) is 33.5 Å². The van der Waals surface area contributed by atoms with Crippen LogP contribution < -0.4 is 16.4 Å². The molecule has 29 heavy (non-hydrogen) atoms. The number of hydrogen-bond acceptors (Lipinski definition) is 4. The Kier molecular flexibility index (Phi) is 7.13. The molecule has 0 fully saturated rings. The second-order valence-corrected chi connectivity index (χ2v) is 6.84. The fourth-order valence-corrected chi connectivity index (χ4v) is 2.31. The number of rotatable bonds is 6. The quantitative estimate of drug-likeness (QED) is 0.503. The average molecular weight is 408 g/mol. The molecular formula is C19H23F3N6O. The average Bonchev–Trinajstić information content (AvgIpc) is 2.63. The largest absolute Gasteiger partial charge is 0.416 e. The summed E-state index contributed by atoms with van der Waals surface area (Å²) in [4.78, 5) is 24.8. The molecule has 0 aliphatic rings. The Hall–Kier alpha value is -3.17. The van der Waals surface area contributed by atoms with E-state index in [1.165, 1.54) is 18.2 Å². The third-order valence-corrected chi connectivity index (χ3v) is 3.66. The molecule has 2 rings (SSSR count). The number of benzene rings is 1. The number of anilines is 1. The van der Waals surface area contributed by atoms with Crippen LogP contribution in [-0.4, -0.2) is 28.4 Å². The van der Waals surface area contributed by atoms with Gasteiger partial charge in [0.15, 0.2) is 5.96 Å². The van der Waals surface area contributed by atoms with Crippen molar-refractivity contribution in [3.8, 4) is 0 Å². The molecule has 0 radical (unpaired) electrons. The second kappa shape index (κ2) is 9.35. The van der Waals surface area contributed by atoms with Gasteiger partial charge in [0.1, 0.15) is 5.69 Å². The fourth-order valence-electron chi connectivity index (χ4n) is 2.31. The molecule has 0 saturated carbocycles. The smallest absolute Gasteiger partial charge is 0.370 e. The van der Waals surface area contributed by atoms with Gasteiger partial charge in [0.2, 0.25) is 5.95 Å². The predicted molar refractivity (Wildman–Crippen MR) is 104 cm³/mol. The van der Waals surface area contributed by atoms with E-state index in [0.717, 1.165) is 12.1 Å². The molecule has 0 atom stereocenters. The SMILES string of the molecule is Cc1cc(C(=O)NCc2cccc(C(F)(F)F)c2)nc(NC(N)=NCC(C)C)n1. The van der Waals surface area contributed by atoms with Gasteiger partial charge in [0, 0.05) is 18.8 Å². The summed E-state index contributed by atoms with van der Waals surface area (Å²) < 4.78 is 38.4. The molecule has 0 unspecified atom stereocenters. The maximum absolute atomic E-state index is 12.8. The minimum atomic E-state index is -4.44. The first-order valence-electron chi connectivity index (χ1n) is 8.91. The third-order valence-electron chi connectivity index (χ3n) is 3.66. The summed E-state index contributed by atoms with van der Waals surface area (Å²) in [6.07, 6.45) is -4.44. The summed E-state index contributed by atoms with van der Waals surface area (Å²) in [7, 11) is 0. The Bertz CT molecular complexity index is 896. The minimum absolute atomic E-state index is 0.0589. The van der Waals surface area contributed by atoms with E-state index in [1.807, 2.05) is 13.8 Å². The first-order chi connectivity index (χ1) is 13.5. The molecular weight excluding hydrogens is 385 g/mol. The number of amides is 1. The Balaban J connectivity index is 2.08. The summed E-state index contributed by atoms with van der Waals surface area (Å²) >= 11 is 0. The van der Waals surface area contributed by atoms with E-state index in [0.29, 0.717) is 23.7 Å². The van der Waals surface area contributed by atoms with Crippen molar-refractivity contribution in [3.05, 3.63) is 52.8 Å². The van der Waals surface area contributed by atoms with Gasteiger partial charge in [-0.15, -0.1) is 0 Å². The van der Waals surface area contributed by atoms with Crippen molar-refractivity contribution >= 4 is 17.8 Å². The van der Waals surface area contributed by atoms with Crippen LogP contribution in [0.2, 0.25) is 0 Å². The molecule has 156 valence electrons. The van der Waals surface area contributed by atoms with E-state index in [1.54, 1.807) is 6.92 Å². The van der Waals surface area contributed by atoms with Crippen LogP contribution in [0.1, 0.15) is 41.2 Å². The number of alkyl halides is 3. The van der Waals surface area contributed by atoms with Crippen LogP contribution in [-0.2, 0) is 12.7 Å². The van der Waals surface area contributed by atoms with E-state index >= 15 is 0 Å². The van der Waals surface area contributed by atoms with E-state index in [-0.39, 0.29) is 24.1 Å². The zero-order valence-corrected chi connectivity index (χ0v) is 16.3. The highest BCUT2D eigenvalue weighted by atomic mass is 19.4. The number of nitrogens with zero attached hydrogens (tertiary/aromatic N) is 3. The first kappa shape index (κ1) is 22.1. The third kappa shape index (κ3) is 7.05. The molecule has 10 heteroatoms. The maximum atomic E-state index is 12.8. The van der Waals surface area contributed by atoms with Gasteiger partial charge in [0.25, 0.3) is 5.91 Å². The number of carbonyl (C=O) groups is 1. The molecule has 1 amide bonds. The molecule has 0 aliphatic carbocycles. The van der Waals surface area contributed by atoms with E-state index in [2.05, 4.69) is 25.6 Å². The maximum Gasteiger partial charge on any atom is 0.416 e. The summed E-state index contributed by atoms with van der Waals surface area (Å²) in [5.74, 6) is 0.0125. The zero-order chi connectivity index (χ0) is 21.6. The normalized spacial score (nSPS) is 12.2. The number of halogens is 3. The number of nitrogens with two attached hydrogens (primary N) is 1. The predicted octanol–water partition coefficient (Wildman–Crippen LogP) is 3.12. The Morgan fingerprint density at radius 2 is 1.97 bits per heavy atom. The molecule has 1 aromatic heterocycles. The molecule has 1 heterocycles. The van der Waals surface area contributed by atoms with Gasteiger partial charge in [-0.05, 0) is 36.6 Å². The number of guanidine groups is 1. The van der Waals surface area contributed by atoms with Crippen molar-refractivity contribution in [2.24, 2.45) is 16.6 Å². The van der Waals surface area contributed by atoms with Gasteiger partial charge in [-0.25, -0.2) is 9.97 Å². The molecule has 4 N–H and O–H groups in total. The highest BCUT2D eigenvalue weighted by Crippen LogP contribution is 2.29. The minimum Gasteiger partial charge on any atom is -0.370 e. The van der Waals surface area contributed by atoms with Crippen LogP contribution in [0.3, 0.4) is 0 Å². The number of aryl methyl sites for hydroxylation is 1. The topological polar surface area (TPSA) is 105 Å². The molecule has 0 aliphatic heterocycles. The fraction of sp³-hybridized carbons (Fsp3) is 0.368. The Morgan fingerprint density at radius 1 is 1.24 bits per heavy atom. The van der Waals surface area contributed by atoms with Crippen LogP contribution in [0.15, 0.2) is 35.3 Å². The Morgan fingerprint density at radius 3 is 2.62 bits per heavy atom. The van der Waals surface area contributed by atoms with E-state index < -0.39 is 17.6 Å². The number of aliphatic imine (C=N–C) groups is 1. The van der Waals surface area contributed by atoms with E-state index in [4.69, 9.17) is 5.73 Å². The van der Waals surface area contributed by atoms with Gasteiger partial charge < -0.3 is 11.1 Å². The summed E-state index contributed by atoms with van der Waals surface area (Å²) in [6.45, 7) is 6.11. The van der Waals surface area contributed by atoms with Crippen molar-refractivity contribution in [3.63, 3.8) is 0 Å². The lowest BCUT2D eigenvalue weighted by atomic mass is 10.1. The second-order valence-electron chi connectivity index (χ2n) is 6.84. The highest BCUT2D eigenvalue weighted by molar-refractivity contribution is 5.94. The Labute approximate surface area is 166 Å². The van der Waals surface area contributed by atoms with Gasteiger partial charge >= 0.3 is 6.18 Å². The molecule has 0 bridgehead atoms. The van der Waals surface area contributed by atoms with Crippen molar-refractivity contribution < 1.29 is 18.0 Å². The summed E-state index contributed by atoms with van der Waals surface area (Å²) in [5, 5.41) is 5.29. The van der Waals surface area contributed by atoms with Crippen LogP contribution in [0.4, 0.5) is 19.1 Å². The van der Waals surface area contributed by atoms with Crippen molar-refractivity contribution in [1.82, 2.24) is 15.3 Å². The van der Waals surface area contributed by atoms with Crippen molar-refractivity contribution in [2.75, 3.05) is 11.9 Å². The van der Waals surface area contributed by atoms with Gasteiger partial charge in [-0.2, -0.15) is 13.2 Å². The standard InChI is InChI=1S/C19H23F3N6O/c1-11(2)9-25-17(23)28-18-26-12(3)7-15(27-18)16(29)24-10-13-5-4-6-14(8-13)19(20,21)22/h4-8,11H,9-10H2,1-3H3,(H,24,29)(H3,23,25,26,27,28). The van der Waals surface area contributed by atoms with Gasteiger partial charge in [-0.1, -0.05) is 26.0 Å². The first-order valence-corrected chi connectivity index (χ1v) is 8.91. The summed E-state index contributed by atoms with van der Waals surface area (Å²) in [6, 6.07) is 6.22. The highest BCUT2D eigenvalue weighted by Gasteiger charge is 2.30. The van der Waals surface area contributed by atoms with Crippen LogP contribution in [0.25, 0.3) is 0 Å². The number of carbonyl (C=O) groups excluding carboxylic acids is 1. The molecule has 7 nitrogen and oxygen atoms in total. The molecule has 0 saturated heterocycles. The van der Waals surface area contributed by atoms with E-state index in [9.17, 15) is 18.0 Å². The monoisotopic (exact) mass is 408 g/mol. The lowest BCUT2D eigenvalue weighted by molar-refractivity contribution is -0.137. The zero-order valence-electron chi connectivity index (χ0n) is 16.3. The lowest BCUT2D eigenvalue weighted by Gasteiger charge is -2.10. The van der Waals surface area contributed by atoms with Crippen LogP contribution >= 0.6 is 0 Å². The van der Waals surface area contributed by atoms with Gasteiger partial charge in [-0.3, -0.25) is 15.1 Å². The molecule has 1 aromatic carbocycles. The molecule has 0 spiro atoms. The van der Waals surface area contributed by atoms with Gasteiger partial charge in [0.05, 0.1) is 5.56 Å². The van der Waals surface area contributed by atoms with Crippen LogP contribution in [0, 0.1) is 12.8 Å². The summed E-state index contributed by atoms with van der Waals surface area (Å²) in [5.41, 5.74) is 5.90. The number of hydrogen-bond donors (Lipinski definition) is 3. The van der Waals surface area contributed by atoms with Crippen LogP contribution in [0.5, 0.6) is 0 Å². The van der Waals surface area contributed by atoms with Crippen molar-refractivity contribution in [1.29, 1.82) is 0 Å². The lowest BCUT2D eigenvalue weighted by Crippen LogP contribution is -2.27. The molecule has 2 aromatic rings.